The molecule has 8 heteroatoms. The van der Waals surface area contributed by atoms with Crippen LogP contribution in [0.15, 0.2) is 17.4 Å². The predicted molar refractivity (Wildman–Crippen MR) is 70.0 cm³/mol. The summed E-state index contributed by atoms with van der Waals surface area (Å²) in [6, 6.07) is 1.96. The van der Waals surface area contributed by atoms with Crippen LogP contribution in [0.4, 0.5) is 0 Å². The summed E-state index contributed by atoms with van der Waals surface area (Å²) in [6.45, 7) is 2.55. The lowest BCUT2D eigenvalue weighted by Gasteiger charge is -2.06. The van der Waals surface area contributed by atoms with Gasteiger partial charge in [-0.25, -0.2) is 0 Å². The first-order valence-corrected chi connectivity index (χ1v) is 6.77. The zero-order chi connectivity index (χ0) is 13.8. The Kier molecular flexibility index (Phi) is 4.20. The smallest absolute Gasteiger partial charge is 0.313 e. The van der Waals surface area contributed by atoms with Crippen LogP contribution in [0.5, 0.6) is 0 Å². The maximum absolute atomic E-state index is 10.6. The van der Waals surface area contributed by atoms with E-state index in [0.717, 1.165) is 17.9 Å². The number of carboxylic acid groups (broad SMARTS) is 1. The summed E-state index contributed by atoms with van der Waals surface area (Å²) in [5.41, 5.74) is 0.991. The number of hydrogen-bond donors (Lipinski definition) is 1. The van der Waals surface area contributed by atoms with Crippen molar-refractivity contribution in [2.24, 2.45) is 7.05 Å². The second-order valence-electron chi connectivity index (χ2n) is 4.09. The third kappa shape index (κ3) is 3.57. The summed E-state index contributed by atoms with van der Waals surface area (Å²) in [5, 5.41) is 21.6. The number of nitrogens with zero attached hydrogens (tertiary/aromatic N) is 5. The molecular weight excluding hydrogens is 266 g/mol. The lowest BCUT2D eigenvalue weighted by molar-refractivity contribution is -0.133. The summed E-state index contributed by atoms with van der Waals surface area (Å²) >= 11 is 1.18. The van der Waals surface area contributed by atoms with Crippen molar-refractivity contribution in [1.29, 1.82) is 0 Å². The number of carboxylic acids is 1. The maximum Gasteiger partial charge on any atom is 0.313 e. The van der Waals surface area contributed by atoms with Gasteiger partial charge in [-0.2, -0.15) is 5.10 Å². The molecule has 0 atom stereocenters. The van der Waals surface area contributed by atoms with Crippen molar-refractivity contribution in [2.75, 3.05) is 5.75 Å². The number of carbonyl (C=O) groups is 1. The van der Waals surface area contributed by atoms with E-state index in [2.05, 4.69) is 15.3 Å². The van der Waals surface area contributed by atoms with Gasteiger partial charge in [0.2, 0.25) is 0 Å². The molecule has 0 saturated heterocycles. The zero-order valence-electron chi connectivity index (χ0n) is 10.8. The summed E-state index contributed by atoms with van der Waals surface area (Å²) < 4.78 is 3.68. The van der Waals surface area contributed by atoms with Gasteiger partial charge < -0.3 is 9.67 Å². The molecule has 102 valence electrons. The maximum atomic E-state index is 10.6. The van der Waals surface area contributed by atoms with Gasteiger partial charge >= 0.3 is 5.97 Å². The average Bonchev–Trinajstić information content (AvgIpc) is 2.91. The lowest BCUT2D eigenvalue weighted by Crippen LogP contribution is -2.07. The van der Waals surface area contributed by atoms with Gasteiger partial charge in [-0.15, -0.1) is 10.2 Å². The highest BCUT2D eigenvalue weighted by Gasteiger charge is 2.11. The van der Waals surface area contributed by atoms with Gasteiger partial charge in [-0.05, 0) is 13.0 Å². The van der Waals surface area contributed by atoms with E-state index in [1.165, 1.54) is 11.8 Å². The Bertz CT molecular complexity index is 577. The van der Waals surface area contributed by atoms with Gasteiger partial charge in [-0.1, -0.05) is 11.8 Å². The van der Waals surface area contributed by atoms with E-state index in [1.807, 2.05) is 30.8 Å². The van der Waals surface area contributed by atoms with E-state index in [1.54, 1.807) is 4.68 Å². The molecule has 0 aliphatic rings. The number of aliphatic carboxylic acids is 1. The molecule has 0 aliphatic heterocycles. The zero-order valence-corrected chi connectivity index (χ0v) is 11.6. The van der Waals surface area contributed by atoms with Gasteiger partial charge in [0.15, 0.2) is 5.16 Å². The minimum absolute atomic E-state index is 0.0122. The molecule has 0 amide bonds. The lowest BCUT2D eigenvalue weighted by atomic mass is 10.3. The largest absolute Gasteiger partial charge is 0.481 e. The first-order chi connectivity index (χ1) is 9.06. The van der Waals surface area contributed by atoms with Crippen molar-refractivity contribution < 1.29 is 9.90 Å². The average molecular weight is 281 g/mol. The summed E-state index contributed by atoms with van der Waals surface area (Å²) in [6.07, 6.45) is 2.66. The topological polar surface area (TPSA) is 85.8 Å². The molecule has 0 bridgehead atoms. The van der Waals surface area contributed by atoms with Crippen LogP contribution in [0.3, 0.4) is 0 Å². The van der Waals surface area contributed by atoms with E-state index >= 15 is 0 Å². The van der Waals surface area contributed by atoms with Crippen molar-refractivity contribution >= 4 is 17.7 Å². The molecule has 0 aliphatic carbocycles. The standard InChI is InChI=1S/C11H15N5O2S/c1-8-12-13-11(19-7-10(17)18)16(8)6-4-9-3-5-15(2)14-9/h3,5H,4,6-7H2,1-2H3,(H,17,18). The molecule has 0 radical (unpaired) electrons. The molecule has 0 saturated carbocycles. The van der Waals surface area contributed by atoms with Crippen LogP contribution in [0.25, 0.3) is 0 Å². The molecule has 2 heterocycles. The van der Waals surface area contributed by atoms with Crippen LogP contribution < -0.4 is 0 Å². The minimum atomic E-state index is -0.859. The molecular formula is C11H15N5O2S. The van der Waals surface area contributed by atoms with E-state index in [9.17, 15) is 4.79 Å². The molecule has 7 nitrogen and oxygen atoms in total. The van der Waals surface area contributed by atoms with Crippen molar-refractivity contribution in [3.63, 3.8) is 0 Å². The SMILES string of the molecule is Cc1nnc(SCC(=O)O)n1CCc1ccn(C)n1. The quantitative estimate of drug-likeness (QED) is 0.786. The van der Waals surface area contributed by atoms with Gasteiger partial charge in [-0.3, -0.25) is 9.48 Å². The van der Waals surface area contributed by atoms with Crippen LogP contribution in [0.1, 0.15) is 11.5 Å². The second kappa shape index (κ2) is 5.87. The third-order valence-electron chi connectivity index (χ3n) is 2.59. The number of aryl methyl sites for hydroxylation is 3. The van der Waals surface area contributed by atoms with E-state index in [4.69, 9.17) is 5.11 Å². The molecule has 0 spiro atoms. The third-order valence-corrected chi connectivity index (χ3v) is 3.54. The Morgan fingerprint density at radius 3 is 2.89 bits per heavy atom. The van der Waals surface area contributed by atoms with Gasteiger partial charge in [0, 0.05) is 26.2 Å². The van der Waals surface area contributed by atoms with Gasteiger partial charge in [0.1, 0.15) is 5.82 Å². The molecule has 0 aromatic carbocycles. The Balaban J connectivity index is 2.02. The van der Waals surface area contributed by atoms with Gasteiger partial charge in [0.25, 0.3) is 0 Å². The van der Waals surface area contributed by atoms with Gasteiger partial charge in [0.05, 0.1) is 11.4 Å². The van der Waals surface area contributed by atoms with Crippen LogP contribution in [-0.4, -0.2) is 41.4 Å². The Morgan fingerprint density at radius 2 is 2.26 bits per heavy atom. The number of thioether (sulfide) groups is 1. The highest BCUT2D eigenvalue weighted by Crippen LogP contribution is 2.17. The molecule has 2 aromatic heterocycles. The number of rotatable bonds is 6. The molecule has 19 heavy (non-hydrogen) atoms. The summed E-state index contributed by atoms with van der Waals surface area (Å²) in [4.78, 5) is 10.6. The number of hydrogen-bond acceptors (Lipinski definition) is 5. The predicted octanol–water partition coefficient (Wildman–Crippen LogP) is 0.739. The monoisotopic (exact) mass is 281 g/mol. The van der Waals surface area contributed by atoms with Crippen molar-refractivity contribution in [2.45, 2.75) is 25.0 Å². The molecule has 2 aromatic rings. The highest BCUT2D eigenvalue weighted by atomic mass is 32.2. The van der Waals surface area contributed by atoms with Crippen LogP contribution in [-0.2, 0) is 24.8 Å². The van der Waals surface area contributed by atoms with Crippen molar-refractivity contribution in [3.8, 4) is 0 Å². The molecule has 0 unspecified atom stereocenters. The van der Waals surface area contributed by atoms with E-state index in [0.29, 0.717) is 11.7 Å². The second-order valence-corrected chi connectivity index (χ2v) is 5.04. The van der Waals surface area contributed by atoms with Crippen LogP contribution in [0.2, 0.25) is 0 Å². The Hall–Kier alpha value is -1.83. The fourth-order valence-electron chi connectivity index (χ4n) is 1.67. The Morgan fingerprint density at radius 1 is 1.47 bits per heavy atom. The van der Waals surface area contributed by atoms with E-state index < -0.39 is 5.97 Å². The first kappa shape index (κ1) is 13.6. The van der Waals surface area contributed by atoms with Crippen LogP contribution in [0, 0.1) is 6.92 Å². The highest BCUT2D eigenvalue weighted by molar-refractivity contribution is 7.99. The fourth-order valence-corrected chi connectivity index (χ4v) is 2.41. The summed E-state index contributed by atoms with van der Waals surface area (Å²) in [7, 11) is 1.88. The number of aromatic nitrogens is 5. The fraction of sp³-hybridized carbons (Fsp3) is 0.455. The molecule has 1 N–H and O–H groups in total. The van der Waals surface area contributed by atoms with E-state index in [-0.39, 0.29) is 5.75 Å². The Labute approximate surface area is 114 Å². The molecule has 0 fully saturated rings. The minimum Gasteiger partial charge on any atom is -0.481 e. The van der Waals surface area contributed by atoms with Crippen molar-refractivity contribution in [1.82, 2.24) is 24.5 Å². The molecule has 2 rings (SSSR count). The van der Waals surface area contributed by atoms with Crippen molar-refractivity contribution in [3.05, 3.63) is 23.8 Å². The van der Waals surface area contributed by atoms with Crippen LogP contribution >= 0.6 is 11.8 Å². The first-order valence-electron chi connectivity index (χ1n) is 5.79. The summed E-state index contributed by atoms with van der Waals surface area (Å²) in [5.74, 6) is -0.0902. The normalized spacial score (nSPS) is 10.8.